The molecule has 0 aliphatic carbocycles. The first kappa shape index (κ1) is 61.5. The molecule has 65 heavy (non-hydrogen) atoms. The van der Waals surface area contributed by atoms with Gasteiger partial charge in [-0.1, -0.05) is 238 Å². The predicted molar refractivity (Wildman–Crippen MR) is 266 cm³/mol. The molecule has 10 nitrogen and oxygen atoms in total. The summed E-state index contributed by atoms with van der Waals surface area (Å²) in [7, 11) is 0. The summed E-state index contributed by atoms with van der Waals surface area (Å²) in [5.74, 6) is -0.826. The Balaban J connectivity index is 2.21. The van der Waals surface area contributed by atoms with E-state index in [1.54, 1.807) is 0 Å². The van der Waals surface area contributed by atoms with Crippen LogP contribution in [0.25, 0.3) is 0 Å². The Labute approximate surface area is 399 Å². The van der Waals surface area contributed by atoms with Gasteiger partial charge in [-0.2, -0.15) is 0 Å². The summed E-state index contributed by atoms with van der Waals surface area (Å²) in [6, 6.07) is 0. The van der Waals surface area contributed by atoms with Gasteiger partial charge in [0.05, 0.1) is 13.2 Å². The molecule has 6 atom stereocenters. The van der Waals surface area contributed by atoms with Crippen molar-refractivity contribution in [3.63, 3.8) is 0 Å². The molecular weight excluding hydrogens is 821 g/mol. The minimum atomic E-state index is -1.60. The van der Waals surface area contributed by atoms with Crippen molar-refractivity contribution in [2.24, 2.45) is 0 Å². The number of rotatable bonds is 48. The molecule has 0 aromatic heterocycles. The standard InChI is InChI=1S/C55H104O10/c1-3-5-7-9-11-13-15-17-19-21-22-23-24-25-26-28-29-31-33-35-37-39-41-43-50(57)62-46-48(47-63-55-54(61)53(60)52(59)49(45-56)65-55)64-51(58)44-42-40-38-36-34-32-30-27-20-18-16-14-12-10-8-6-4-2/h35,37,48-49,52-56,59-61H,3-34,36,38-47H2,1-2H3/b37-35+/t48-,49-,52+,53?,54?,55-/m0/s1. The SMILES string of the molecule is CCCCCCCCCCCCCCCCCCCC/C=C/CCCC(=O)OC[C@@H](CO[C@H]1O[C@@H](CO)[C@@H](O)C(O)C1O)OC(=O)CCCCCCCCCCCCCCCCCCC. The third-order valence-corrected chi connectivity index (χ3v) is 13.2. The largest absolute Gasteiger partial charge is 0.462 e. The van der Waals surface area contributed by atoms with Gasteiger partial charge in [0.15, 0.2) is 12.4 Å². The van der Waals surface area contributed by atoms with Crippen LogP contribution in [0.4, 0.5) is 0 Å². The van der Waals surface area contributed by atoms with Crippen molar-refractivity contribution in [2.75, 3.05) is 19.8 Å². The van der Waals surface area contributed by atoms with Gasteiger partial charge in [-0.25, -0.2) is 0 Å². The van der Waals surface area contributed by atoms with E-state index < -0.39 is 55.4 Å². The third kappa shape index (κ3) is 37.1. The Bertz CT molecular complexity index is 1070. The van der Waals surface area contributed by atoms with Crippen LogP contribution in [-0.2, 0) is 28.5 Å². The van der Waals surface area contributed by atoms with Gasteiger partial charge in [-0.05, 0) is 32.1 Å². The summed E-state index contributed by atoms with van der Waals surface area (Å²) in [6.07, 6.45) is 45.2. The molecule has 1 fully saturated rings. The van der Waals surface area contributed by atoms with E-state index in [2.05, 4.69) is 26.0 Å². The third-order valence-electron chi connectivity index (χ3n) is 13.2. The fourth-order valence-corrected chi connectivity index (χ4v) is 8.78. The molecule has 384 valence electrons. The number of unbranched alkanes of at least 4 members (excludes halogenated alkanes) is 35. The highest BCUT2D eigenvalue weighted by molar-refractivity contribution is 5.70. The highest BCUT2D eigenvalue weighted by Crippen LogP contribution is 2.23. The fraction of sp³-hybridized carbons (Fsp3) is 0.927. The van der Waals surface area contributed by atoms with Crippen LogP contribution >= 0.6 is 0 Å². The second-order valence-electron chi connectivity index (χ2n) is 19.4. The fourth-order valence-electron chi connectivity index (χ4n) is 8.78. The lowest BCUT2D eigenvalue weighted by molar-refractivity contribution is -0.305. The van der Waals surface area contributed by atoms with Crippen LogP contribution in [0.1, 0.15) is 271 Å². The first-order chi connectivity index (χ1) is 31.8. The average Bonchev–Trinajstić information content (AvgIpc) is 3.30. The topological polar surface area (TPSA) is 152 Å². The van der Waals surface area contributed by atoms with Crippen molar-refractivity contribution in [3.8, 4) is 0 Å². The number of allylic oxidation sites excluding steroid dienone is 2. The summed E-state index contributed by atoms with van der Waals surface area (Å²) in [4.78, 5) is 25.5. The minimum Gasteiger partial charge on any atom is -0.462 e. The molecule has 1 aliphatic heterocycles. The predicted octanol–water partition coefficient (Wildman–Crippen LogP) is 13.5. The van der Waals surface area contributed by atoms with E-state index in [0.29, 0.717) is 12.8 Å². The molecule has 1 heterocycles. The monoisotopic (exact) mass is 925 g/mol. The van der Waals surface area contributed by atoms with E-state index in [-0.39, 0.29) is 26.1 Å². The molecule has 0 spiro atoms. The van der Waals surface area contributed by atoms with Gasteiger partial charge in [-0.15, -0.1) is 0 Å². The molecule has 0 amide bonds. The van der Waals surface area contributed by atoms with Crippen LogP contribution in [0.2, 0.25) is 0 Å². The van der Waals surface area contributed by atoms with Crippen molar-refractivity contribution in [2.45, 2.75) is 307 Å². The quantitative estimate of drug-likeness (QED) is 0.0264. The second kappa shape index (κ2) is 46.2. The van der Waals surface area contributed by atoms with Gasteiger partial charge in [0.1, 0.15) is 31.0 Å². The Morgan fingerprint density at radius 2 is 0.831 bits per heavy atom. The highest BCUT2D eigenvalue weighted by atomic mass is 16.7. The van der Waals surface area contributed by atoms with E-state index >= 15 is 0 Å². The maximum absolute atomic E-state index is 12.8. The van der Waals surface area contributed by atoms with Gasteiger partial charge in [0.2, 0.25) is 0 Å². The van der Waals surface area contributed by atoms with Gasteiger partial charge in [0, 0.05) is 12.8 Å². The maximum Gasteiger partial charge on any atom is 0.306 e. The summed E-state index contributed by atoms with van der Waals surface area (Å²) < 4.78 is 22.3. The Morgan fingerprint density at radius 3 is 1.25 bits per heavy atom. The van der Waals surface area contributed by atoms with Crippen molar-refractivity contribution >= 4 is 11.9 Å². The number of aliphatic hydroxyl groups is 4. The zero-order valence-electron chi connectivity index (χ0n) is 42.3. The number of esters is 2. The molecule has 0 aromatic carbocycles. The van der Waals surface area contributed by atoms with Gasteiger partial charge in [0.25, 0.3) is 0 Å². The molecule has 1 saturated heterocycles. The molecule has 10 heteroatoms. The molecular formula is C55H104O10. The number of hydrogen-bond acceptors (Lipinski definition) is 10. The van der Waals surface area contributed by atoms with Crippen molar-refractivity contribution in [1.29, 1.82) is 0 Å². The van der Waals surface area contributed by atoms with Crippen molar-refractivity contribution in [3.05, 3.63) is 12.2 Å². The average molecular weight is 925 g/mol. The first-order valence-electron chi connectivity index (χ1n) is 27.8. The van der Waals surface area contributed by atoms with Gasteiger partial charge < -0.3 is 39.4 Å². The van der Waals surface area contributed by atoms with Gasteiger partial charge in [-0.3, -0.25) is 9.59 Å². The minimum absolute atomic E-state index is 0.226. The van der Waals surface area contributed by atoms with Gasteiger partial charge >= 0.3 is 11.9 Å². The van der Waals surface area contributed by atoms with Crippen LogP contribution in [0.5, 0.6) is 0 Å². The molecule has 0 bridgehead atoms. The Kier molecular flexibility index (Phi) is 43.7. The zero-order valence-corrected chi connectivity index (χ0v) is 42.3. The van der Waals surface area contributed by atoms with Crippen molar-refractivity contribution in [1.82, 2.24) is 0 Å². The van der Waals surface area contributed by atoms with E-state index in [0.717, 1.165) is 32.1 Å². The molecule has 0 aromatic rings. The lowest BCUT2D eigenvalue weighted by atomic mass is 9.99. The highest BCUT2D eigenvalue weighted by Gasteiger charge is 2.44. The Hall–Kier alpha value is -1.56. The lowest BCUT2D eigenvalue weighted by Gasteiger charge is -2.39. The number of carbonyl (C=O) groups excluding carboxylic acids is 2. The molecule has 0 saturated carbocycles. The van der Waals surface area contributed by atoms with E-state index in [1.807, 2.05) is 0 Å². The van der Waals surface area contributed by atoms with E-state index in [4.69, 9.17) is 18.9 Å². The summed E-state index contributed by atoms with van der Waals surface area (Å²) in [6.45, 7) is 3.46. The number of aliphatic hydroxyl groups excluding tert-OH is 4. The first-order valence-corrected chi connectivity index (χ1v) is 27.8. The van der Waals surface area contributed by atoms with Crippen LogP contribution in [0.3, 0.4) is 0 Å². The van der Waals surface area contributed by atoms with E-state index in [9.17, 15) is 30.0 Å². The molecule has 0 radical (unpaired) electrons. The van der Waals surface area contributed by atoms with E-state index in [1.165, 1.54) is 199 Å². The van der Waals surface area contributed by atoms with Crippen molar-refractivity contribution < 1.29 is 49.0 Å². The molecule has 4 N–H and O–H groups in total. The number of hydrogen-bond donors (Lipinski definition) is 4. The molecule has 2 unspecified atom stereocenters. The second-order valence-corrected chi connectivity index (χ2v) is 19.4. The maximum atomic E-state index is 12.8. The number of carbonyl (C=O) groups is 2. The normalized spacial score (nSPS) is 19.3. The molecule has 1 rings (SSSR count). The smallest absolute Gasteiger partial charge is 0.306 e. The summed E-state index contributed by atoms with van der Waals surface area (Å²) >= 11 is 0. The Morgan fingerprint density at radius 1 is 0.462 bits per heavy atom. The lowest BCUT2D eigenvalue weighted by Crippen LogP contribution is -2.59. The number of ether oxygens (including phenoxy) is 4. The van der Waals surface area contributed by atoms with Crippen LogP contribution in [0.15, 0.2) is 12.2 Å². The zero-order chi connectivity index (χ0) is 47.3. The summed E-state index contributed by atoms with van der Waals surface area (Å²) in [5, 5.41) is 40.2. The van der Waals surface area contributed by atoms with Crippen LogP contribution in [-0.4, -0.2) is 89.0 Å². The van der Waals surface area contributed by atoms with Crippen LogP contribution < -0.4 is 0 Å². The molecule has 1 aliphatic rings. The van der Waals surface area contributed by atoms with Crippen LogP contribution in [0, 0.1) is 0 Å². The summed E-state index contributed by atoms with van der Waals surface area (Å²) in [5.41, 5.74) is 0.